The standard InChI is InChI=1S/C25H34O7/c1-7-12(2)21(28)32-20-14(4)24(30)16(18-22(5,6)25(18,20)31)9-15(11-26)10-23(29)17(24)8-13(3)19(23)27/h7-9,14,16-18,20,26,29-31H,10-11H2,1-6H3/b12-7+/t14-,16+,17-,18-,20-,23-,24-,25-/m1/s1. The van der Waals surface area contributed by atoms with Crippen LogP contribution in [0.25, 0.3) is 0 Å². The fraction of sp³-hybridized carbons (Fsp3) is 0.680. The lowest BCUT2D eigenvalue weighted by atomic mass is 9.59. The zero-order valence-corrected chi connectivity index (χ0v) is 19.5. The van der Waals surface area contributed by atoms with Gasteiger partial charge in [-0.25, -0.2) is 4.79 Å². The minimum atomic E-state index is -1.90. The molecular weight excluding hydrogens is 412 g/mol. The number of allylic oxidation sites excluding steroid dienone is 1. The summed E-state index contributed by atoms with van der Waals surface area (Å²) in [5, 5.41) is 45.6. The second-order valence-electron chi connectivity index (χ2n) is 10.8. The number of ether oxygens (including phenoxy) is 1. The van der Waals surface area contributed by atoms with Crippen LogP contribution in [0.2, 0.25) is 0 Å². The number of rotatable bonds is 3. The molecule has 0 aromatic carbocycles. The molecule has 0 amide bonds. The number of Topliss-reactive ketones (excluding diaryl/α,β-unsaturated/α-hetero) is 1. The number of ketones is 1. The molecule has 2 saturated carbocycles. The molecule has 0 spiro atoms. The van der Waals surface area contributed by atoms with Crippen LogP contribution in [0.5, 0.6) is 0 Å². The monoisotopic (exact) mass is 446 g/mol. The van der Waals surface area contributed by atoms with Crippen LogP contribution in [0.15, 0.2) is 34.9 Å². The van der Waals surface area contributed by atoms with Gasteiger partial charge in [0.15, 0.2) is 5.78 Å². The first-order chi connectivity index (χ1) is 14.7. The Morgan fingerprint density at radius 1 is 1.25 bits per heavy atom. The molecule has 0 saturated heterocycles. The van der Waals surface area contributed by atoms with Gasteiger partial charge in [0.1, 0.15) is 17.3 Å². The number of fused-ring (bicyclic) bond motifs is 5. The van der Waals surface area contributed by atoms with Crippen molar-refractivity contribution in [1.29, 1.82) is 0 Å². The highest BCUT2D eigenvalue weighted by Crippen LogP contribution is 2.75. The Morgan fingerprint density at radius 2 is 1.88 bits per heavy atom. The summed E-state index contributed by atoms with van der Waals surface area (Å²) in [6.45, 7) is 10.00. The van der Waals surface area contributed by atoms with Crippen LogP contribution in [0.3, 0.4) is 0 Å². The van der Waals surface area contributed by atoms with Crippen molar-refractivity contribution in [3.63, 3.8) is 0 Å². The van der Waals surface area contributed by atoms with E-state index in [0.717, 1.165) is 0 Å². The Balaban J connectivity index is 1.91. The summed E-state index contributed by atoms with van der Waals surface area (Å²) in [5.74, 6) is -3.96. The van der Waals surface area contributed by atoms with Crippen molar-refractivity contribution in [3.8, 4) is 0 Å². The molecule has 0 radical (unpaired) electrons. The van der Waals surface area contributed by atoms with Gasteiger partial charge in [0, 0.05) is 41.1 Å². The molecule has 32 heavy (non-hydrogen) atoms. The van der Waals surface area contributed by atoms with Gasteiger partial charge in [0.25, 0.3) is 0 Å². The van der Waals surface area contributed by atoms with Crippen LogP contribution in [0.1, 0.15) is 48.0 Å². The van der Waals surface area contributed by atoms with E-state index in [1.165, 1.54) is 0 Å². The molecule has 4 aliphatic rings. The van der Waals surface area contributed by atoms with E-state index >= 15 is 0 Å². The first-order valence-electron chi connectivity index (χ1n) is 11.3. The highest BCUT2D eigenvalue weighted by Gasteiger charge is 2.85. The summed E-state index contributed by atoms with van der Waals surface area (Å²) in [6, 6.07) is 0. The fourth-order valence-corrected chi connectivity index (χ4v) is 6.93. The lowest BCUT2D eigenvalue weighted by Crippen LogP contribution is -2.65. The van der Waals surface area contributed by atoms with Crippen molar-refractivity contribution in [2.75, 3.05) is 6.61 Å². The topological polar surface area (TPSA) is 124 Å². The maximum Gasteiger partial charge on any atom is 0.333 e. The third kappa shape index (κ3) is 2.56. The lowest BCUT2D eigenvalue weighted by Gasteiger charge is -2.52. The maximum absolute atomic E-state index is 13.0. The molecule has 2 fully saturated rings. The molecule has 7 nitrogen and oxygen atoms in total. The molecule has 0 bridgehead atoms. The van der Waals surface area contributed by atoms with E-state index in [1.807, 2.05) is 13.8 Å². The zero-order chi connectivity index (χ0) is 24.0. The van der Waals surface area contributed by atoms with Gasteiger partial charge in [-0.15, -0.1) is 0 Å². The van der Waals surface area contributed by atoms with Crippen LogP contribution in [-0.2, 0) is 14.3 Å². The average Bonchev–Trinajstić information content (AvgIpc) is 3.13. The predicted octanol–water partition coefficient (Wildman–Crippen LogP) is 1.45. The third-order valence-electron chi connectivity index (χ3n) is 9.00. The molecule has 8 atom stereocenters. The van der Waals surface area contributed by atoms with Crippen molar-refractivity contribution in [1.82, 2.24) is 0 Å². The maximum atomic E-state index is 13.0. The number of hydrogen-bond acceptors (Lipinski definition) is 7. The van der Waals surface area contributed by atoms with Crippen molar-refractivity contribution in [2.24, 2.45) is 29.1 Å². The van der Waals surface area contributed by atoms with Crippen molar-refractivity contribution < 1.29 is 34.8 Å². The smallest absolute Gasteiger partial charge is 0.333 e. The summed E-state index contributed by atoms with van der Waals surface area (Å²) in [7, 11) is 0. The number of carbonyl (C=O) groups is 2. The number of carbonyl (C=O) groups excluding carboxylic acids is 2. The summed E-state index contributed by atoms with van der Waals surface area (Å²) < 4.78 is 5.82. The van der Waals surface area contributed by atoms with Gasteiger partial charge < -0.3 is 25.2 Å². The highest BCUT2D eigenvalue weighted by molar-refractivity contribution is 6.04. The van der Waals surface area contributed by atoms with Crippen molar-refractivity contribution in [2.45, 2.75) is 70.9 Å². The van der Waals surface area contributed by atoms with E-state index in [0.29, 0.717) is 16.7 Å². The molecule has 176 valence electrons. The van der Waals surface area contributed by atoms with Gasteiger partial charge in [0.05, 0.1) is 12.2 Å². The van der Waals surface area contributed by atoms with E-state index < -0.39 is 63.7 Å². The highest BCUT2D eigenvalue weighted by atomic mass is 16.6. The van der Waals surface area contributed by atoms with Crippen LogP contribution >= 0.6 is 0 Å². The molecular formula is C25H34O7. The molecule has 7 heteroatoms. The zero-order valence-electron chi connectivity index (χ0n) is 19.5. The Morgan fingerprint density at radius 3 is 2.44 bits per heavy atom. The number of aliphatic hydroxyl groups is 4. The summed E-state index contributed by atoms with van der Waals surface area (Å²) in [5.41, 5.74) is -4.49. The second-order valence-corrected chi connectivity index (χ2v) is 10.8. The average molecular weight is 447 g/mol. The minimum Gasteiger partial charge on any atom is -0.456 e. The van der Waals surface area contributed by atoms with Gasteiger partial charge in [-0.3, -0.25) is 4.79 Å². The van der Waals surface area contributed by atoms with Gasteiger partial charge in [0.2, 0.25) is 0 Å². The molecule has 0 unspecified atom stereocenters. The van der Waals surface area contributed by atoms with Crippen molar-refractivity contribution in [3.05, 3.63) is 34.9 Å². The Hall–Kier alpha value is -1.80. The SMILES string of the molecule is C/C=C(\C)C(=O)O[C@@H]1[C@@H](C)[C@@]2(O)[C@@H](C=C(CO)C[C@]3(O)C(=O)C(C)=C[C@@H]23)[C@@H]2C(C)(C)[C@]12O. The minimum absolute atomic E-state index is 0.0971. The van der Waals surface area contributed by atoms with Crippen LogP contribution < -0.4 is 0 Å². The number of esters is 1. The number of hydrogen-bond donors (Lipinski definition) is 4. The van der Waals surface area contributed by atoms with E-state index in [1.54, 1.807) is 45.9 Å². The molecule has 0 aromatic heterocycles. The Kier molecular flexibility index (Phi) is 5.00. The first-order valence-corrected chi connectivity index (χ1v) is 11.3. The van der Waals surface area contributed by atoms with Crippen LogP contribution in [0, 0.1) is 29.1 Å². The molecule has 4 aliphatic carbocycles. The Bertz CT molecular complexity index is 975. The van der Waals surface area contributed by atoms with Gasteiger partial charge in [-0.2, -0.15) is 0 Å². The molecule has 0 aromatic rings. The lowest BCUT2D eigenvalue weighted by molar-refractivity contribution is -0.219. The summed E-state index contributed by atoms with van der Waals surface area (Å²) in [4.78, 5) is 25.7. The Labute approximate surface area is 188 Å². The third-order valence-corrected chi connectivity index (χ3v) is 9.00. The summed E-state index contributed by atoms with van der Waals surface area (Å²) >= 11 is 0. The van der Waals surface area contributed by atoms with Crippen LogP contribution in [-0.4, -0.2) is 61.7 Å². The van der Waals surface area contributed by atoms with Crippen molar-refractivity contribution >= 4 is 11.8 Å². The molecule has 0 heterocycles. The van der Waals surface area contributed by atoms with E-state index in [4.69, 9.17) is 4.74 Å². The van der Waals surface area contributed by atoms with Gasteiger partial charge in [-0.1, -0.05) is 39.0 Å². The summed E-state index contributed by atoms with van der Waals surface area (Å²) in [6.07, 6.45) is 3.82. The molecule has 4 rings (SSSR count). The van der Waals surface area contributed by atoms with E-state index in [9.17, 15) is 30.0 Å². The molecule has 0 aliphatic heterocycles. The fourth-order valence-electron chi connectivity index (χ4n) is 6.93. The molecule has 4 N–H and O–H groups in total. The normalized spacial score (nSPS) is 46.9. The first kappa shape index (κ1) is 23.4. The second kappa shape index (κ2) is 6.86. The predicted molar refractivity (Wildman–Crippen MR) is 116 cm³/mol. The van der Waals surface area contributed by atoms with Crippen LogP contribution in [0.4, 0.5) is 0 Å². The van der Waals surface area contributed by atoms with E-state index in [2.05, 4.69) is 0 Å². The van der Waals surface area contributed by atoms with Gasteiger partial charge in [-0.05, 0) is 31.9 Å². The largest absolute Gasteiger partial charge is 0.456 e. The quantitative estimate of drug-likeness (QED) is 0.294. The van der Waals surface area contributed by atoms with Gasteiger partial charge >= 0.3 is 5.97 Å². The number of aliphatic hydroxyl groups excluding tert-OH is 1. The van der Waals surface area contributed by atoms with E-state index in [-0.39, 0.29) is 13.0 Å².